The molecule has 3 rings (SSSR count). The van der Waals surface area contributed by atoms with Crippen molar-refractivity contribution in [3.8, 4) is 0 Å². The smallest absolute Gasteiger partial charge is 0.244 e. The lowest BCUT2D eigenvalue weighted by Crippen LogP contribution is -2.34. The van der Waals surface area contributed by atoms with E-state index in [1.165, 1.54) is 25.7 Å². The van der Waals surface area contributed by atoms with E-state index in [0.717, 1.165) is 5.69 Å². The third-order valence-electron chi connectivity index (χ3n) is 4.25. The van der Waals surface area contributed by atoms with Gasteiger partial charge in [-0.1, -0.05) is 0 Å². The summed E-state index contributed by atoms with van der Waals surface area (Å²) in [5.41, 5.74) is 6.48. The van der Waals surface area contributed by atoms with Gasteiger partial charge in [0.15, 0.2) is 0 Å². The molecule has 1 aromatic rings. The molecule has 2 N–H and O–H groups in total. The molecule has 1 aromatic heterocycles. The Balaban J connectivity index is 1.84. The Morgan fingerprint density at radius 1 is 1.25 bits per heavy atom. The molecule has 0 unspecified atom stereocenters. The van der Waals surface area contributed by atoms with Crippen LogP contribution in [0, 0.1) is 11.8 Å². The molecule has 0 aromatic carbocycles. The molecule has 0 bridgehead atoms. The van der Waals surface area contributed by atoms with E-state index in [9.17, 15) is 8.42 Å². The maximum Gasteiger partial charge on any atom is 0.244 e. The Bertz CT molecular complexity index is 572. The molecule has 0 amide bonds. The van der Waals surface area contributed by atoms with E-state index in [4.69, 9.17) is 5.73 Å². The van der Waals surface area contributed by atoms with E-state index < -0.39 is 10.0 Å². The number of aromatic nitrogens is 1. The Morgan fingerprint density at radius 2 is 1.80 bits per heavy atom. The summed E-state index contributed by atoms with van der Waals surface area (Å²) in [5.74, 6) is 1.14. The molecular formula is C14H23N3O2S. The Morgan fingerprint density at radius 3 is 2.20 bits per heavy atom. The molecular weight excluding hydrogens is 274 g/mol. The topological polar surface area (TPSA) is 68.3 Å². The summed E-state index contributed by atoms with van der Waals surface area (Å²) >= 11 is 0. The van der Waals surface area contributed by atoms with Gasteiger partial charge in [0.05, 0.1) is 0 Å². The molecule has 2 aliphatic carbocycles. The van der Waals surface area contributed by atoms with Gasteiger partial charge in [-0.05, 0) is 43.6 Å². The fraction of sp³-hybridized carbons (Fsp3) is 0.714. The minimum absolute atomic E-state index is 0.358. The monoisotopic (exact) mass is 297 g/mol. The summed E-state index contributed by atoms with van der Waals surface area (Å²) in [6.07, 6.45) is 6.35. The summed E-state index contributed by atoms with van der Waals surface area (Å²) in [5, 5.41) is 0. The van der Waals surface area contributed by atoms with E-state index in [2.05, 4.69) is 0 Å². The van der Waals surface area contributed by atoms with Crippen molar-refractivity contribution < 1.29 is 8.42 Å². The lowest BCUT2D eigenvalue weighted by Gasteiger charge is -2.21. The van der Waals surface area contributed by atoms with Crippen LogP contribution in [-0.2, 0) is 23.6 Å². The van der Waals surface area contributed by atoms with Crippen molar-refractivity contribution in [2.45, 2.75) is 37.1 Å². The lowest BCUT2D eigenvalue weighted by atomic mass is 10.4. The first kappa shape index (κ1) is 14.1. The number of hydrogen-bond donors (Lipinski definition) is 1. The Hall–Kier alpha value is -0.850. The van der Waals surface area contributed by atoms with Crippen molar-refractivity contribution >= 4 is 10.0 Å². The summed E-state index contributed by atoms with van der Waals surface area (Å²) in [7, 11) is -1.53. The summed E-state index contributed by atoms with van der Waals surface area (Å²) in [6.45, 7) is 1.73. The van der Waals surface area contributed by atoms with Crippen LogP contribution in [-0.4, -0.2) is 30.4 Å². The van der Waals surface area contributed by atoms with Gasteiger partial charge in [0.25, 0.3) is 0 Å². The minimum Gasteiger partial charge on any atom is -0.352 e. The van der Waals surface area contributed by atoms with Crippen molar-refractivity contribution in [1.82, 2.24) is 8.87 Å². The third-order valence-corrected chi connectivity index (χ3v) is 6.04. The van der Waals surface area contributed by atoms with Gasteiger partial charge in [-0.25, -0.2) is 8.42 Å². The number of hydrogen-bond acceptors (Lipinski definition) is 3. The number of sulfonamides is 1. The van der Waals surface area contributed by atoms with E-state index in [1.807, 2.05) is 7.05 Å². The highest BCUT2D eigenvalue weighted by Crippen LogP contribution is 2.36. The molecule has 0 radical (unpaired) electrons. The van der Waals surface area contributed by atoms with Gasteiger partial charge in [-0.2, -0.15) is 4.31 Å². The fourth-order valence-corrected chi connectivity index (χ4v) is 4.21. The van der Waals surface area contributed by atoms with Crippen LogP contribution >= 0.6 is 0 Å². The molecule has 5 nitrogen and oxygen atoms in total. The van der Waals surface area contributed by atoms with E-state index in [0.29, 0.717) is 36.4 Å². The fourth-order valence-electron chi connectivity index (χ4n) is 2.52. The first-order valence-electron chi connectivity index (χ1n) is 7.36. The van der Waals surface area contributed by atoms with Crippen LogP contribution < -0.4 is 5.73 Å². The molecule has 0 saturated heterocycles. The molecule has 0 spiro atoms. The molecule has 0 atom stereocenters. The first-order chi connectivity index (χ1) is 9.50. The van der Waals surface area contributed by atoms with E-state index in [1.54, 1.807) is 21.1 Å². The lowest BCUT2D eigenvalue weighted by molar-refractivity contribution is 0.382. The molecule has 20 heavy (non-hydrogen) atoms. The number of nitrogens with zero attached hydrogens (tertiary/aromatic N) is 2. The average molecular weight is 297 g/mol. The zero-order valence-electron chi connectivity index (χ0n) is 12.0. The molecule has 0 aliphatic heterocycles. The molecule has 6 heteroatoms. The highest BCUT2D eigenvalue weighted by Gasteiger charge is 2.36. The van der Waals surface area contributed by atoms with E-state index in [-0.39, 0.29) is 0 Å². The number of aryl methyl sites for hydroxylation is 1. The van der Waals surface area contributed by atoms with Crippen molar-refractivity contribution in [3.05, 3.63) is 18.0 Å². The van der Waals surface area contributed by atoms with Crippen molar-refractivity contribution in [3.63, 3.8) is 0 Å². The van der Waals surface area contributed by atoms with Gasteiger partial charge in [-0.15, -0.1) is 0 Å². The predicted octanol–water partition coefficient (Wildman–Crippen LogP) is 1.29. The average Bonchev–Trinajstić information content (AvgIpc) is 3.30. The SMILES string of the molecule is Cn1cc(S(=O)(=O)N(CC2CC2)CC2CC2)cc1CN. The largest absolute Gasteiger partial charge is 0.352 e. The van der Waals surface area contributed by atoms with Gasteiger partial charge in [-0.3, -0.25) is 0 Å². The highest BCUT2D eigenvalue weighted by atomic mass is 32.2. The third kappa shape index (κ3) is 2.92. The van der Waals surface area contributed by atoms with Gasteiger partial charge >= 0.3 is 0 Å². The molecule has 2 saturated carbocycles. The Labute approximate surface area is 120 Å². The van der Waals surface area contributed by atoms with Crippen molar-refractivity contribution in [2.24, 2.45) is 24.6 Å². The van der Waals surface area contributed by atoms with Gasteiger partial charge in [0.2, 0.25) is 10.0 Å². The molecule has 112 valence electrons. The van der Waals surface area contributed by atoms with Gasteiger partial charge in [0, 0.05) is 38.6 Å². The first-order valence-corrected chi connectivity index (χ1v) is 8.80. The van der Waals surface area contributed by atoms with Crippen LogP contribution in [0.4, 0.5) is 0 Å². The number of rotatable bonds is 7. The zero-order valence-corrected chi connectivity index (χ0v) is 12.8. The maximum absolute atomic E-state index is 12.8. The quantitative estimate of drug-likeness (QED) is 0.824. The number of nitrogens with two attached hydrogens (primary N) is 1. The molecule has 1 heterocycles. The second-order valence-corrected chi connectivity index (χ2v) is 8.13. The highest BCUT2D eigenvalue weighted by molar-refractivity contribution is 7.89. The van der Waals surface area contributed by atoms with Crippen LogP contribution in [0.15, 0.2) is 17.2 Å². The van der Waals surface area contributed by atoms with Crippen molar-refractivity contribution in [1.29, 1.82) is 0 Å². The maximum atomic E-state index is 12.8. The standard InChI is InChI=1S/C14H23N3O2S/c1-16-10-14(6-13(16)7-15)20(18,19)17(8-11-2-3-11)9-12-4-5-12/h6,10-12H,2-5,7-9,15H2,1H3. The van der Waals surface area contributed by atoms with Crippen LogP contribution in [0.25, 0.3) is 0 Å². The summed E-state index contributed by atoms with van der Waals surface area (Å²) < 4.78 is 29.1. The van der Waals surface area contributed by atoms with Crippen LogP contribution in [0.1, 0.15) is 31.4 Å². The van der Waals surface area contributed by atoms with Crippen LogP contribution in [0.3, 0.4) is 0 Å². The van der Waals surface area contributed by atoms with Crippen LogP contribution in [0.2, 0.25) is 0 Å². The normalized spacial score (nSPS) is 19.8. The Kier molecular flexibility index (Phi) is 3.64. The second-order valence-electron chi connectivity index (χ2n) is 6.19. The van der Waals surface area contributed by atoms with E-state index >= 15 is 0 Å². The van der Waals surface area contributed by atoms with Gasteiger partial charge < -0.3 is 10.3 Å². The predicted molar refractivity (Wildman–Crippen MR) is 77.5 cm³/mol. The second kappa shape index (κ2) is 5.16. The molecule has 2 aliphatic rings. The summed E-state index contributed by atoms with van der Waals surface area (Å²) in [4.78, 5) is 0.391. The van der Waals surface area contributed by atoms with Gasteiger partial charge in [0.1, 0.15) is 4.90 Å². The minimum atomic E-state index is -3.37. The van der Waals surface area contributed by atoms with Crippen LogP contribution in [0.5, 0.6) is 0 Å². The molecule has 2 fully saturated rings. The summed E-state index contributed by atoms with van der Waals surface area (Å²) in [6, 6.07) is 1.71. The van der Waals surface area contributed by atoms with Crippen molar-refractivity contribution in [2.75, 3.05) is 13.1 Å². The zero-order chi connectivity index (χ0) is 14.3.